The van der Waals surface area contributed by atoms with Gasteiger partial charge in [0.25, 0.3) is 0 Å². The number of rotatable bonds is 2. The summed E-state index contributed by atoms with van der Waals surface area (Å²) in [6.45, 7) is 3.01. The molecule has 0 aliphatic carbocycles. The highest BCUT2D eigenvalue weighted by molar-refractivity contribution is 5.80. The highest BCUT2D eigenvalue weighted by atomic mass is 15.4. The van der Waals surface area contributed by atoms with E-state index in [-0.39, 0.29) is 0 Å². The molecule has 2 fully saturated rings. The lowest BCUT2D eigenvalue weighted by atomic mass is 10.0. The molecule has 0 aromatic carbocycles. The molecule has 2 aliphatic heterocycles. The van der Waals surface area contributed by atoms with Crippen LogP contribution in [-0.4, -0.2) is 29.5 Å². The van der Waals surface area contributed by atoms with Gasteiger partial charge in [0.2, 0.25) is 5.96 Å². The second-order valence-electron chi connectivity index (χ2n) is 4.22. The summed E-state index contributed by atoms with van der Waals surface area (Å²) >= 11 is 0. The minimum absolute atomic E-state index is 0.701. The van der Waals surface area contributed by atoms with Crippen LogP contribution in [0.2, 0.25) is 0 Å². The van der Waals surface area contributed by atoms with Gasteiger partial charge in [-0.3, -0.25) is 10.4 Å². The molecule has 0 aromatic rings. The van der Waals surface area contributed by atoms with Gasteiger partial charge in [-0.25, -0.2) is 5.84 Å². The Balaban J connectivity index is 2.05. The summed E-state index contributed by atoms with van der Waals surface area (Å²) in [7, 11) is 0. The predicted octanol–water partition coefficient (Wildman–Crippen LogP) is 0.843. The van der Waals surface area contributed by atoms with Crippen molar-refractivity contribution in [2.75, 3.05) is 6.54 Å². The number of aliphatic imine (C=N–C) groups is 1. The van der Waals surface area contributed by atoms with Crippen molar-refractivity contribution < 1.29 is 0 Å². The monoisotopic (exact) mass is 196 g/mol. The summed E-state index contributed by atoms with van der Waals surface area (Å²) in [5, 5.41) is 0. The summed E-state index contributed by atoms with van der Waals surface area (Å²) in [5.74, 6) is 6.44. The van der Waals surface area contributed by atoms with Gasteiger partial charge in [0.05, 0.1) is 0 Å². The van der Waals surface area contributed by atoms with E-state index in [1.807, 2.05) is 0 Å². The van der Waals surface area contributed by atoms with E-state index in [4.69, 9.17) is 5.84 Å². The Hall–Kier alpha value is -0.770. The number of nitrogens with one attached hydrogen (secondary N) is 1. The van der Waals surface area contributed by atoms with Crippen molar-refractivity contribution in [2.45, 2.75) is 51.1 Å². The molecule has 4 heteroatoms. The van der Waals surface area contributed by atoms with Gasteiger partial charge < -0.3 is 4.90 Å². The van der Waals surface area contributed by atoms with E-state index < -0.39 is 0 Å². The minimum atomic E-state index is 0.701. The molecule has 0 amide bonds. The lowest BCUT2D eigenvalue weighted by Gasteiger charge is -2.25. The number of hydrogen-bond donors (Lipinski definition) is 2. The van der Waals surface area contributed by atoms with Crippen molar-refractivity contribution in [1.82, 2.24) is 10.3 Å². The van der Waals surface area contributed by atoms with Gasteiger partial charge in [-0.05, 0) is 32.1 Å². The lowest BCUT2D eigenvalue weighted by Crippen LogP contribution is -2.47. The molecule has 80 valence electrons. The molecule has 0 aromatic heterocycles. The molecule has 2 rings (SSSR count). The first kappa shape index (κ1) is 9.77. The molecule has 0 unspecified atom stereocenters. The number of fused-ring (bicyclic) bond motifs is 2. The Labute approximate surface area is 85.5 Å². The van der Waals surface area contributed by atoms with Gasteiger partial charge in [-0.2, -0.15) is 0 Å². The third-order valence-corrected chi connectivity index (χ3v) is 3.31. The Morgan fingerprint density at radius 1 is 1.36 bits per heavy atom. The van der Waals surface area contributed by atoms with Crippen LogP contribution in [-0.2, 0) is 0 Å². The summed E-state index contributed by atoms with van der Waals surface area (Å²) in [6, 6.07) is 1.40. The zero-order chi connectivity index (χ0) is 9.97. The Morgan fingerprint density at radius 2 is 1.93 bits per heavy atom. The average molecular weight is 196 g/mol. The number of guanidine groups is 1. The largest absolute Gasteiger partial charge is 0.336 e. The van der Waals surface area contributed by atoms with E-state index in [2.05, 4.69) is 22.2 Å². The van der Waals surface area contributed by atoms with Crippen LogP contribution >= 0.6 is 0 Å². The molecular formula is C10H20N4. The third-order valence-electron chi connectivity index (χ3n) is 3.31. The van der Waals surface area contributed by atoms with Gasteiger partial charge >= 0.3 is 0 Å². The quantitative estimate of drug-likeness (QED) is 0.298. The Bertz CT molecular complexity index is 206. The van der Waals surface area contributed by atoms with Gasteiger partial charge in [0.1, 0.15) is 0 Å². The minimum Gasteiger partial charge on any atom is -0.336 e. The van der Waals surface area contributed by atoms with E-state index >= 15 is 0 Å². The van der Waals surface area contributed by atoms with E-state index in [0.717, 1.165) is 18.9 Å². The van der Waals surface area contributed by atoms with Crippen LogP contribution < -0.4 is 11.3 Å². The van der Waals surface area contributed by atoms with Crippen molar-refractivity contribution >= 4 is 5.96 Å². The number of hydrazine groups is 1. The van der Waals surface area contributed by atoms with E-state index in [9.17, 15) is 0 Å². The molecule has 2 saturated heterocycles. The van der Waals surface area contributed by atoms with Crippen molar-refractivity contribution in [3.05, 3.63) is 0 Å². The van der Waals surface area contributed by atoms with E-state index in [1.54, 1.807) is 0 Å². The maximum Gasteiger partial charge on any atom is 0.208 e. The summed E-state index contributed by atoms with van der Waals surface area (Å²) in [6.07, 6.45) is 6.35. The number of hydrogen-bond acceptors (Lipinski definition) is 2. The first-order valence-corrected chi connectivity index (χ1v) is 5.66. The summed E-state index contributed by atoms with van der Waals surface area (Å²) in [4.78, 5) is 6.89. The molecule has 0 spiro atoms. The van der Waals surface area contributed by atoms with Crippen LogP contribution in [0.4, 0.5) is 0 Å². The van der Waals surface area contributed by atoms with Crippen molar-refractivity contribution in [1.29, 1.82) is 0 Å². The topological polar surface area (TPSA) is 53.6 Å². The highest BCUT2D eigenvalue weighted by Crippen LogP contribution is 2.37. The molecule has 3 N–H and O–H groups in total. The van der Waals surface area contributed by atoms with Crippen LogP contribution in [0.3, 0.4) is 0 Å². The fraction of sp³-hybridized carbons (Fsp3) is 0.900. The second kappa shape index (κ2) is 4.17. The second-order valence-corrected chi connectivity index (χ2v) is 4.22. The fourth-order valence-electron chi connectivity index (χ4n) is 2.68. The zero-order valence-electron chi connectivity index (χ0n) is 8.87. The van der Waals surface area contributed by atoms with Gasteiger partial charge in [0, 0.05) is 18.6 Å². The third kappa shape index (κ3) is 1.59. The van der Waals surface area contributed by atoms with Crippen molar-refractivity contribution in [2.24, 2.45) is 10.8 Å². The first-order chi connectivity index (χ1) is 6.86. The Kier molecular flexibility index (Phi) is 2.91. The lowest BCUT2D eigenvalue weighted by molar-refractivity contribution is 0.383. The molecular weight excluding hydrogens is 176 g/mol. The first-order valence-electron chi connectivity index (χ1n) is 5.66. The number of nitrogens with two attached hydrogens (primary N) is 1. The molecule has 2 heterocycles. The molecule has 0 radical (unpaired) electrons. The average Bonchev–Trinajstić information content (AvgIpc) is 2.79. The standard InChI is InChI=1S/C10H20N4/c1-2-7-12-10(13-11)14-8-3-4-9(14)6-5-8/h8-9H,2-7,11H2,1H3,(H,12,13). The van der Waals surface area contributed by atoms with Crippen LogP contribution in [0.25, 0.3) is 0 Å². The molecule has 2 aliphatic rings. The van der Waals surface area contributed by atoms with Crippen molar-refractivity contribution in [3.63, 3.8) is 0 Å². The summed E-state index contributed by atoms with van der Waals surface area (Å²) < 4.78 is 0. The molecule has 4 nitrogen and oxygen atoms in total. The van der Waals surface area contributed by atoms with Crippen LogP contribution in [0, 0.1) is 0 Å². The summed E-state index contributed by atoms with van der Waals surface area (Å²) in [5.41, 5.74) is 2.76. The van der Waals surface area contributed by atoms with E-state index in [1.165, 1.54) is 25.7 Å². The van der Waals surface area contributed by atoms with Crippen molar-refractivity contribution in [3.8, 4) is 0 Å². The predicted molar refractivity (Wildman–Crippen MR) is 57.8 cm³/mol. The molecule has 2 bridgehead atoms. The SMILES string of the molecule is CCCN=C(NN)N1C2CCC1CC2. The number of nitrogens with zero attached hydrogens (tertiary/aromatic N) is 2. The Morgan fingerprint density at radius 3 is 2.36 bits per heavy atom. The van der Waals surface area contributed by atoms with Gasteiger partial charge in [0.15, 0.2) is 0 Å². The molecule has 0 saturated carbocycles. The maximum atomic E-state index is 5.52. The van der Waals surface area contributed by atoms with Gasteiger partial charge in [-0.15, -0.1) is 0 Å². The smallest absolute Gasteiger partial charge is 0.208 e. The van der Waals surface area contributed by atoms with Crippen LogP contribution in [0.15, 0.2) is 4.99 Å². The van der Waals surface area contributed by atoms with Crippen LogP contribution in [0.1, 0.15) is 39.0 Å². The maximum absolute atomic E-state index is 5.52. The van der Waals surface area contributed by atoms with Crippen LogP contribution in [0.5, 0.6) is 0 Å². The van der Waals surface area contributed by atoms with Gasteiger partial charge in [-0.1, -0.05) is 6.92 Å². The fourth-order valence-corrected chi connectivity index (χ4v) is 2.68. The highest BCUT2D eigenvalue weighted by Gasteiger charge is 2.40. The molecule has 0 atom stereocenters. The molecule has 14 heavy (non-hydrogen) atoms. The normalized spacial score (nSPS) is 31.3. The zero-order valence-corrected chi connectivity index (χ0v) is 8.87. The van der Waals surface area contributed by atoms with E-state index in [0.29, 0.717) is 12.1 Å².